The molecule has 23 heavy (non-hydrogen) atoms. The number of rotatable bonds is 3. The molecule has 5 heteroatoms. The Balaban J connectivity index is 1.57. The van der Waals surface area contributed by atoms with E-state index in [0.717, 1.165) is 44.0 Å². The number of aryl methyl sites for hydroxylation is 1. The van der Waals surface area contributed by atoms with Crippen LogP contribution in [-0.2, 0) is 17.8 Å². The molecule has 1 aromatic heterocycles. The van der Waals surface area contributed by atoms with Crippen LogP contribution in [0.15, 0.2) is 11.6 Å². The molecule has 0 spiro atoms. The lowest BCUT2D eigenvalue weighted by atomic mass is 10.1. The van der Waals surface area contributed by atoms with Crippen LogP contribution in [0.5, 0.6) is 0 Å². The minimum atomic E-state index is 0.116. The van der Waals surface area contributed by atoms with E-state index in [2.05, 4.69) is 21.7 Å². The standard InChI is InChI=1S/C18H26N4O/c1-13(14-8-9-14)12-17(23)21-11-5-6-15(21)18-20-19-16-7-3-2-4-10-22(16)18/h12,14-15H,2-11H2,1H3/b13-12-. The molecule has 1 atom stereocenters. The lowest BCUT2D eigenvalue weighted by Gasteiger charge is -2.23. The molecular formula is C18H26N4O. The zero-order chi connectivity index (χ0) is 15.8. The van der Waals surface area contributed by atoms with Crippen molar-refractivity contribution < 1.29 is 4.79 Å². The number of hydrogen-bond acceptors (Lipinski definition) is 3. The molecule has 1 amide bonds. The number of hydrogen-bond donors (Lipinski definition) is 0. The van der Waals surface area contributed by atoms with Crippen LogP contribution in [0, 0.1) is 5.92 Å². The van der Waals surface area contributed by atoms with Gasteiger partial charge in [-0.2, -0.15) is 0 Å². The van der Waals surface area contributed by atoms with Crippen LogP contribution in [0.2, 0.25) is 0 Å². The van der Waals surface area contributed by atoms with Crippen molar-refractivity contribution in [1.29, 1.82) is 0 Å². The lowest BCUT2D eigenvalue weighted by Crippen LogP contribution is -2.31. The smallest absolute Gasteiger partial charge is 0.247 e. The highest BCUT2D eigenvalue weighted by molar-refractivity contribution is 5.88. The maximum atomic E-state index is 12.7. The first-order chi connectivity index (χ1) is 11.2. The van der Waals surface area contributed by atoms with Crippen LogP contribution >= 0.6 is 0 Å². The molecule has 4 rings (SSSR count). The lowest BCUT2D eigenvalue weighted by molar-refractivity contribution is -0.127. The van der Waals surface area contributed by atoms with Gasteiger partial charge in [0.05, 0.1) is 6.04 Å². The van der Waals surface area contributed by atoms with Gasteiger partial charge in [-0.1, -0.05) is 12.0 Å². The second-order valence-corrected chi connectivity index (χ2v) is 7.29. The second kappa shape index (κ2) is 6.10. The van der Waals surface area contributed by atoms with Gasteiger partial charge in [-0.05, 0) is 51.4 Å². The third-order valence-corrected chi connectivity index (χ3v) is 5.54. The Hall–Kier alpha value is -1.65. The molecule has 2 aliphatic heterocycles. The molecule has 3 heterocycles. The molecule has 1 unspecified atom stereocenters. The van der Waals surface area contributed by atoms with Gasteiger partial charge < -0.3 is 9.47 Å². The van der Waals surface area contributed by atoms with Crippen molar-refractivity contribution in [1.82, 2.24) is 19.7 Å². The number of nitrogens with zero attached hydrogens (tertiary/aromatic N) is 4. The topological polar surface area (TPSA) is 51.0 Å². The highest BCUT2D eigenvalue weighted by atomic mass is 16.2. The highest BCUT2D eigenvalue weighted by Crippen LogP contribution is 2.37. The van der Waals surface area contributed by atoms with Gasteiger partial charge in [-0.25, -0.2) is 0 Å². The van der Waals surface area contributed by atoms with E-state index in [1.807, 2.05) is 11.0 Å². The van der Waals surface area contributed by atoms with Crippen molar-refractivity contribution in [2.45, 2.75) is 70.9 Å². The third kappa shape index (κ3) is 2.93. The summed E-state index contributed by atoms with van der Waals surface area (Å²) in [7, 11) is 0. The van der Waals surface area contributed by atoms with Crippen molar-refractivity contribution in [3.63, 3.8) is 0 Å². The first-order valence-electron chi connectivity index (χ1n) is 9.15. The van der Waals surface area contributed by atoms with E-state index >= 15 is 0 Å². The third-order valence-electron chi connectivity index (χ3n) is 5.54. The number of aromatic nitrogens is 3. The largest absolute Gasteiger partial charge is 0.329 e. The quantitative estimate of drug-likeness (QED) is 0.806. The van der Waals surface area contributed by atoms with Crippen LogP contribution in [0.1, 0.15) is 69.6 Å². The Morgan fingerprint density at radius 3 is 2.78 bits per heavy atom. The maximum absolute atomic E-state index is 12.7. The summed E-state index contributed by atoms with van der Waals surface area (Å²) in [5.74, 6) is 2.96. The van der Waals surface area contributed by atoms with Crippen molar-refractivity contribution >= 4 is 5.91 Å². The summed E-state index contributed by atoms with van der Waals surface area (Å²) in [5, 5.41) is 8.89. The molecule has 0 radical (unpaired) electrons. The van der Waals surface area contributed by atoms with Gasteiger partial charge in [0.1, 0.15) is 5.82 Å². The Kier molecular flexibility index (Phi) is 3.95. The second-order valence-electron chi connectivity index (χ2n) is 7.29. The van der Waals surface area contributed by atoms with Crippen molar-refractivity contribution in [3.05, 3.63) is 23.3 Å². The fourth-order valence-corrected chi connectivity index (χ4v) is 3.99. The molecule has 3 aliphatic rings. The van der Waals surface area contributed by atoms with Crippen LogP contribution in [0.25, 0.3) is 0 Å². The van der Waals surface area contributed by atoms with Gasteiger partial charge in [-0.3, -0.25) is 4.79 Å². The first kappa shape index (κ1) is 14.9. The molecule has 0 N–H and O–H groups in total. The molecule has 2 fully saturated rings. The minimum absolute atomic E-state index is 0.116. The average molecular weight is 314 g/mol. The minimum Gasteiger partial charge on any atom is -0.329 e. The predicted molar refractivity (Wildman–Crippen MR) is 87.7 cm³/mol. The normalized spacial score (nSPS) is 25.3. The van der Waals surface area contributed by atoms with Crippen LogP contribution in [0.3, 0.4) is 0 Å². The number of fused-ring (bicyclic) bond motifs is 1. The van der Waals surface area contributed by atoms with Gasteiger partial charge in [0.25, 0.3) is 0 Å². The number of carbonyl (C=O) groups is 1. The van der Waals surface area contributed by atoms with Gasteiger partial charge >= 0.3 is 0 Å². The van der Waals surface area contributed by atoms with E-state index in [0.29, 0.717) is 5.92 Å². The molecule has 5 nitrogen and oxygen atoms in total. The Labute approximate surface area is 137 Å². The SMILES string of the molecule is C/C(=C/C(=O)N1CCCC1c1nnc2n1CCCCC2)C1CC1. The summed E-state index contributed by atoms with van der Waals surface area (Å²) in [4.78, 5) is 14.7. The molecule has 124 valence electrons. The summed E-state index contributed by atoms with van der Waals surface area (Å²) >= 11 is 0. The molecule has 1 saturated carbocycles. The monoisotopic (exact) mass is 314 g/mol. The van der Waals surface area contributed by atoms with Crippen molar-refractivity contribution in [3.8, 4) is 0 Å². The molecular weight excluding hydrogens is 288 g/mol. The van der Waals surface area contributed by atoms with E-state index in [-0.39, 0.29) is 11.9 Å². The average Bonchev–Trinajstić information content (AvgIpc) is 3.23. The van der Waals surface area contributed by atoms with Crippen LogP contribution < -0.4 is 0 Å². The molecule has 1 saturated heterocycles. The van der Waals surface area contributed by atoms with E-state index < -0.39 is 0 Å². The summed E-state index contributed by atoms with van der Waals surface area (Å²) in [6, 6.07) is 0.116. The Morgan fingerprint density at radius 1 is 1.09 bits per heavy atom. The fourth-order valence-electron chi connectivity index (χ4n) is 3.99. The summed E-state index contributed by atoms with van der Waals surface area (Å²) in [6.45, 7) is 3.96. The van der Waals surface area contributed by atoms with E-state index in [9.17, 15) is 4.79 Å². The van der Waals surface area contributed by atoms with Gasteiger partial charge in [0, 0.05) is 25.6 Å². The molecule has 0 bridgehead atoms. The van der Waals surface area contributed by atoms with E-state index in [4.69, 9.17) is 0 Å². The maximum Gasteiger partial charge on any atom is 0.247 e. The zero-order valence-corrected chi connectivity index (χ0v) is 14.0. The van der Waals surface area contributed by atoms with Gasteiger partial charge in [-0.15, -0.1) is 10.2 Å². The summed E-state index contributed by atoms with van der Waals surface area (Å²) < 4.78 is 2.29. The van der Waals surface area contributed by atoms with Crippen molar-refractivity contribution in [2.24, 2.45) is 5.92 Å². The van der Waals surface area contributed by atoms with E-state index in [1.165, 1.54) is 37.7 Å². The molecule has 1 aliphatic carbocycles. The van der Waals surface area contributed by atoms with Crippen LogP contribution in [-0.4, -0.2) is 32.1 Å². The Bertz CT molecular complexity index is 629. The van der Waals surface area contributed by atoms with E-state index in [1.54, 1.807) is 0 Å². The summed E-state index contributed by atoms with van der Waals surface area (Å²) in [5.41, 5.74) is 1.25. The number of likely N-dealkylation sites (tertiary alicyclic amines) is 1. The number of amides is 1. The van der Waals surface area contributed by atoms with Gasteiger partial charge in [0.15, 0.2) is 5.82 Å². The molecule has 0 aromatic carbocycles. The molecule has 1 aromatic rings. The predicted octanol–water partition coefficient (Wildman–Crippen LogP) is 3.02. The van der Waals surface area contributed by atoms with Crippen molar-refractivity contribution in [2.75, 3.05) is 6.54 Å². The number of carbonyl (C=O) groups excluding carboxylic acids is 1. The Morgan fingerprint density at radius 2 is 1.96 bits per heavy atom. The summed E-state index contributed by atoms with van der Waals surface area (Å²) in [6.07, 6.45) is 11.1. The van der Waals surface area contributed by atoms with Gasteiger partial charge in [0.2, 0.25) is 5.91 Å². The zero-order valence-electron chi connectivity index (χ0n) is 14.0. The first-order valence-corrected chi connectivity index (χ1v) is 9.15. The number of allylic oxidation sites excluding steroid dienone is 1. The fraction of sp³-hybridized carbons (Fsp3) is 0.722. The van der Waals surface area contributed by atoms with Crippen LogP contribution in [0.4, 0.5) is 0 Å². The highest BCUT2D eigenvalue weighted by Gasteiger charge is 2.34.